The van der Waals surface area contributed by atoms with E-state index in [0.717, 1.165) is 12.1 Å². The molecule has 2 aromatic rings. The molecule has 1 aromatic carbocycles. The number of nitrogens with one attached hydrogen (secondary N) is 1. The Morgan fingerprint density at radius 2 is 2.12 bits per heavy atom. The predicted octanol–water partition coefficient (Wildman–Crippen LogP) is 2.30. The number of ether oxygens (including phenoxy) is 2. The summed E-state index contributed by atoms with van der Waals surface area (Å²) in [5.74, 6) is -0.526. The van der Waals surface area contributed by atoms with Gasteiger partial charge in [0.25, 0.3) is 0 Å². The van der Waals surface area contributed by atoms with Gasteiger partial charge in [0.2, 0.25) is 11.8 Å². The minimum atomic E-state index is -1.51. The van der Waals surface area contributed by atoms with Crippen molar-refractivity contribution in [1.29, 1.82) is 5.26 Å². The normalized spacial score (nSPS) is 18.7. The largest absolute Gasteiger partial charge is 0.465 e. The number of fused-ring (bicyclic) bond motifs is 1. The molecule has 0 saturated heterocycles. The lowest BCUT2D eigenvalue weighted by atomic mass is 9.68. The number of esters is 1. The van der Waals surface area contributed by atoms with E-state index >= 15 is 0 Å². The molecule has 3 rings (SSSR count). The van der Waals surface area contributed by atoms with Crippen molar-refractivity contribution in [3.63, 3.8) is 0 Å². The molecule has 1 aromatic heterocycles. The first-order chi connectivity index (χ1) is 12.6. The molecule has 7 nitrogen and oxygen atoms in total. The number of nitrogens with zero attached hydrogens (tertiary/aromatic N) is 2. The van der Waals surface area contributed by atoms with Crippen molar-refractivity contribution in [2.75, 3.05) is 6.61 Å². The van der Waals surface area contributed by atoms with Crippen LogP contribution in [0.3, 0.4) is 0 Å². The average Bonchev–Trinajstić information content (AvgIpc) is 3.04. The summed E-state index contributed by atoms with van der Waals surface area (Å²) in [4.78, 5) is 13.3. The van der Waals surface area contributed by atoms with E-state index in [0.29, 0.717) is 17.5 Å². The van der Waals surface area contributed by atoms with Gasteiger partial charge in [0.15, 0.2) is 5.41 Å². The summed E-state index contributed by atoms with van der Waals surface area (Å²) < 4.78 is 11.0. The number of aryl methyl sites for hydroxylation is 1. The highest BCUT2D eigenvalue weighted by molar-refractivity contribution is 5.95. The molecule has 0 radical (unpaired) electrons. The van der Waals surface area contributed by atoms with Gasteiger partial charge < -0.3 is 15.2 Å². The molecule has 1 aliphatic heterocycles. The Kier molecular flexibility index (Phi) is 4.67. The van der Waals surface area contributed by atoms with Crippen LogP contribution in [0.5, 0.6) is 5.88 Å². The number of nitrogens with two attached hydrogens (primary N) is 1. The van der Waals surface area contributed by atoms with Gasteiger partial charge in [0.1, 0.15) is 11.6 Å². The maximum atomic E-state index is 13.3. The van der Waals surface area contributed by atoms with Gasteiger partial charge in [-0.1, -0.05) is 43.7 Å². The molecule has 0 spiro atoms. The van der Waals surface area contributed by atoms with Gasteiger partial charge >= 0.3 is 5.97 Å². The number of aromatic amines is 1. The van der Waals surface area contributed by atoms with E-state index in [2.05, 4.69) is 16.3 Å². The molecule has 26 heavy (non-hydrogen) atoms. The predicted molar refractivity (Wildman–Crippen MR) is 93.9 cm³/mol. The summed E-state index contributed by atoms with van der Waals surface area (Å²) in [5, 5.41) is 17.0. The van der Waals surface area contributed by atoms with Crippen LogP contribution in [0.4, 0.5) is 0 Å². The highest BCUT2D eigenvalue weighted by Gasteiger charge is 2.55. The Morgan fingerprint density at radius 1 is 1.38 bits per heavy atom. The van der Waals surface area contributed by atoms with Gasteiger partial charge in [-0.05, 0) is 18.9 Å². The SMILES string of the molecule is CCCc1[nH]nc2c1C(C(=O)OCC)(c1ccccc1)C(C#N)=C(N)O2. The number of hydrogen-bond donors (Lipinski definition) is 2. The van der Waals surface area contributed by atoms with E-state index < -0.39 is 11.4 Å². The first-order valence-electron chi connectivity index (χ1n) is 8.49. The Bertz CT molecular complexity index is 895. The highest BCUT2D eigenvalue weighted by atomic mass is 16.5. The van der Waals surface area contributed by atoms with Crippen LogP contribution < -0.4 is 10.5 Å². The molecule has 0 bridgehead atoms. The van der Waals surface area contributed by atoms with Gasteiger partial charge in [-0.2, -0.15) is 5.26 Å². The van der Waals surface area contributed by atoms with Crippen LogP contribution >= 0.6 is 0 Å². The lowest BCUT2D eigenvalue weighted by Gasteiger charge is -2.35. The van der Waals surface area contributed by atoms with E-state index in [1.165, 1.54) is 0 Å². The van der Waals surface area contributed by atoms with Gasteiger partial charge in [-0.25, -0.2) is 0 Å². The van der Waals surface area contributed by atoms with Gasteiger partial charge in [0.05, 0.1) is 12.2 Å². The third-order valence-corrected chi connectivity index (χ3v) is 4.41. The van der Waals surface area contributed by atoms with Crippen molar-refractivity contribution in [1.82, 2.24) is 10.2 Å². The van der Waals surface area contributed by atoms with Crippen LogP contribution in [0.25, 0.3) is 0 Å². The molecular weight excluding hydrogens is 332 g/mol. The van der Waals surface area contributed by atoms with Gasteiger partial charge in [-0.3, -0.25) is 9.89 Å². The summed E-state index contributed by atoms with van der Waals surface area (Å²) in [5.41, 5.74) is 6.30. The number of benzene rings is 1. The molecule has 1 atom stereocenters. The highest BCUT2D eigenvalue weighted by Crippen LogP contribution is 2.49. The van der Waals surface area contributed by atoms with Crippen molar-refractivity contribution in [2.24, 2.45) is 5.73 Å². The second-order valence-electron chi connectivity index (χ2n) is 5.92. The number of H-pyrrole nitrogens is 1. The van der Waals surface area contributed by atoms with Crippen molar-refractivity contribution >= 4 is 5.97 Å². The third-order valence-electron chi connectivity index (χ3n) is 4.41. The van der Waals surface area contributed by atoms with E-state index in [4.69, 9.17) is 15.2 Å². The Balaban J connectivity index is 2.42. The zero-order valence-electron chi connectivity index (χ0n) is 14.7. The molecule has 0 fully saturated rings. The average molecular weight is 352 g/mol. The van der Waals surface area contributed by atoms with Gasteiger partial charge in [0, 0.05) is 5.69 Å². The van der Waals surface area contributed by atoms with E-state index in [1.54, 1.807) is 31.2 Å². The summed E-state index contributed by atoms with van der Waals surface area (Å²) in [6.07, 6.45) is 1.46. The Morgan fingerprint density at radius 3 is 2.73 bits per heavy atom. The minimum absolute atomic E-state index is 0.00778. The maximum absolute atomic E-state index is 13.3. The molecule has 0 saturated carbocycles. The fourth-order valence-electron chi connectivity index (χ4n) is 3.39. The minimum Gasteiger partial charge on any atom is -0.465 e. The fourth-order valence-corrected chi connectivity index (χ4v) is 3.39. The van der Waals surface area contributed by atoms with Crippen LogP contribution in [0.15, 0.2) is 41.8 Å². The zero-order valence-corrected chi connectivity index (χ0v) is 14.7. The number of rotatable bonds is 5. The van der Waals surface area contributed by atoms with Crippen LogP contribution in [-0.2, 0) is 21.4 Å². The molecule has 7 heteroatoms. The number of carbonyl (C=O) groups excluding carboxylic acids is 1. The number of hydrogen-bond acceptors (Lipinski definition) is 6. The quantitative estimate of drug-likeness (QED) is 0.798. The zero-order chi connectivity index (χ0) is 18.7. The second-order valence-corrected chi connectivity index (χ2v) is 5.92. The number of aromatic nitrogens is 2. The number of nitriles is 1. The molecule has 0 amide bonds. The van der Waals surface area contributed by atoms with Crippen molar-refractivity contribution in [2.45, 2.75) is 32.1 Å². The summed E-state index contributed by atoms with van der Waals surface area (Å²) in [7, 11) is 0. The maximum Gasteiger partial charge on any atom is 0.326 e. The molecule has 1 aliphatic rings. The molecular formula is C19H20N4O3. The van der Waals surface area contributed by atoms with Crippen molar-refractivity contribution in [3.8, 4) is 11.9 Å². The molecule has 3 N–H and O–H groups in total. The topological polar surface area (TPSA) is 114 Å². The summed E-state index contributed by atoms with van der Waals surface area (Å²) in [6, 6.07) is 11.1. The first-order valence-corrected chi connectivity index (χ1v) is 8.49. The van der Waals surface area contributed by atoms with Crippen molar-refractivity contribution in [3.05, 3.63) is 58.6 Å². The van der Waals surface area contributed by atoms with Crippen molar-refractivity contribution < 1.29 is 14.3 Å². The molecule has 2 heterocycles. The van der Waals surface area contributed by atoms with Crippen LogP contribution in [0.1, 0.15) is 37.1 Å². The van der Waals surface area contributed by atoms with Gasteiger partial charge in [-0.15, -0.1) is 5.10 Å². The van der Waals surface area contributed by atoms with Crippen LogP contribution in [0, 0.1) is 11.3 Å². The molecule has 0 aliphatic carbocycles. The Hall–Kier alpha value is -3.27. The fraction of sp³-hybridized carbons (Fsp3) is 0.316. The smallest absolute Gasteiger partial charge is 0.326 e. The second kappa shape index (κ2) is 6.92. The molecule has 1 unspecified atom stereocenters. The van der Waals surface area contributed by atoms with E-state index in [-0.39, 0.29) is 23.9 Å². The standard InChI is InChI=1S/C19H20N4O3/c1-3-8-14-15-17(23-22-14)26-16(21)13(11-20)19(15,18(24)25-4-2)12-9-6-5-7-10-12/h5-7,9-10H,3-4,8,21H2,1-2H3,(H,22,23). The molecule has 134 valence electrons. The summed E-state index contributed by atoms with van der Waals surface area (Å²) >= 11 is 0. The van der Waals surface area contributed by atoms with Crippen LogP contribution in [0.2, 0.25) is 0 Å². The lowest BCUT2D eigenvalue weighted by molar-refractivity contribution is -0.147. The third kappa shape index (κ3) is 2.42. The lowest BCUT2D eigenvalue weighted by Crippen LogP contribution is -2.45. The van der Waals surface area contributed by atoms with E-state index in [9.17, 15) is 10.1 Å². The Labute approximate surface area is 151 Å². The monoisotopic (exact) mass is 352 g/mol. The summed E-state index contributed by atoms with van der Waals surface area (Å²) in [6.45, 7) is 3.91. The van der Waals surface area contributed by atoms with E-state index in [1.807, 2.05) is 13.0 Å². The first kappa shape index (κ1) is 17.5. The number of carbonyl (C=O) groups is 1. The van der Waals surface area contributed by atoms with Crippen LogP contribution in [-0.4, -0.2) is 22.8 Å².